The van der Waals surface area contributed by atoms with Crippen molar-refractivity contribution in [3.05, 3.63) is 176 Å². The number of hydrogen-bond acceptors (Lipinski definition) is 2. The minimum Gasteiger partial charge on any atom is -0.311 e. The highest BCUT2D eigenvalue weighted by atomic mass is 15.2. The third-order valence-electron chi connectivity index (χ3n) is 9.98. The molecule has 0 amide bonds. The van der Waals surface area contributed by atoms with Gasteiger partial charge in [-0.1, -0.05) is 140 Å². The molecule has 8 aromatic rings. The largest absolute Gasteiger partial charge is 0.311 e. The number of fused-ring (bicyclic) bond motifs is 8. The summed E-state index contributed by atoms with van der Waals surface area (Å²) in [5.41, 5.74) is 13.7. The van der Waals surface area contributed by atoms with Crippen molar-refractivity contribution < 1.29 is 0 Å². The first-order valence-corrected chi connectivity index (χ1v) is 16.3. The zero-order valence-corrected chi connectivity index (χ0v) is 25.7. The Balaban J connectivity index is 1.41. The maximum Gasteiger partial charge on any atom is 0.252 e. The van der Waals surface area contributed by atoms with Crippen molar-refractivity contribution in [3.63, 3.8) is 0 Å². The maximum atomic E-state index is 2.52. The highest BCUT2D eigenvalue weighted by molar-refractivity contribution is 7.00. The first kappa shape index (κ1) is 26.2. The SMILES string of the molecule is c1ccc(-c2cc3c4c(c2)N(c2ccccc2)c2c(ccc5ccccc25)B4c2ccc4ccccc4c2N3c2ccccc2)cc1. The van der Waals surface area contributed by atoms with E-state index in [1.165, 1.54) is 71.8 Å². The van der Waals surface area contributed by atoms with Gasteiger partial charge in [-0.3, -0.25) is 0 Å². The Bertz CT molecular complexity index is 2320. The van der Waals surface area contributed by atoms with E-state index in [1.807, 2.05) is 0 Å². The monoisotopic (exact) mass is 596 g/mol. The topological polar surface area (TPSA) is 6.48 Å². The fraction of sp³-hybridized carbons (Fsp3) is 0. The molecule has 0 unspecified atom stereocenters. The minimum absolute atomic E-state index is 0.0592. The lowest BCUT2D eigenvalue weighted by molar-refractivity contribution is 1.27. The molecule has 8 aromatic carbocycles. The second-order valence-corrected chi connectivity index (χ2v) is 12.5. The molecule has 0 spiro atoms. The van der Waals surface area contributed by atoms with Gasteiger partial charge >= 0.3 is 0 Å². The molecule has 0 fully saturated rings. The Morgan fingerprint density at radius 1 is 0.362 bits per heavy atom. The average molecular weight is 597 g/mol. The maximum absolute atomic E-state index is 2.52. The number of benzene rings is 8. The van der Waals surface area contributed by atoms with E-state index >= 15 is 0 Å². The molecule has 0 saturated heterocycles. The molecule has 218 valence electrons. The van der Waals surface area contributed by atoms with Crippen LogP contribution in [0.4, 0.5) is 34.1 Å². The van der Waals surface area contributed by atoms with Crippen LogP contribution in [-0.2, 0) is 0 Å². The molecule has 0 aromatic heterocycles. The van der Waals surface area contributed by atoms with E-state index in [0.717, 1.165) is 11.4 Å². The summed E-state index contributed by atoms with van der Waals surface area (Å²) < 4.78 is 0. The van der Waals surface area contributed by atoms with Crippen LogP contribution in [0.3, 0.4) is 0 Å². The molecule has 0 saturated carbocycles. The summed E-state index contributed by atoms with van der Waals surface area (Å²) >= 11 is 0. The van der Waals surface area contributed by atoms with E-state index in [1.54, 1.807) is 0 Å². The van der Waals surface area contributed by atoms with Crippen molar-refractivity contribution in [2.75, 3.05) is 9.80 Å². The predicted molar refractivity (Wildman–Crippen MR) is 201 cm³/mol. The van der Waals surface area contributed by atoms with E-state index < -0.39 is 0 Å². The van der Waals surface area contributed by atoms with Crippen molar-refractivity contribution in [2.45, 2.75) is 0 Å². The average Bonchev–Trinajstić information content (AvgIpc) is 3.15. The zero-order chi connectivity index (χ0) is 30.9. The molecule has 2 aliphatic rings. The lowest BCUT2D eigenvalue weighted by Crippen LogP contribution is -2.61. The zero-order valence-electron chi connectivity index (χ0n) is 25.7. The Morgan fingerprint density at radius 3 is 1.28 bits per heavy atom. The number of anilines is 6. The van der Waals surface area contributed by atoms with Crippen LogP contribution in [0.1, 0.15) is 0 Å². The summed E-state index contributed by atoms with van der Waals surface area (Å²) in [6, 6.07) is 64.5. The van der Waals surface area contributed by atoms with Gasteiger partial charge in [-0.05, 0) is 74.7 Å². The van der Waals surface area contributed by atoms with Crippen molar-refractivity contribution in [1.29, 1.82) is 0 Å². The molecule has 0 atom stereocenters. The predicted octanol–water partition coefficient (Wildman–Crippen LogP) is 9.74. The van der Waals surface area contributed by atoms with Gasteiger partial charge in [-0.15, -0.1) is 0 Å². The summed E-state index contributed by atoms with van der Waals surface area (Å²) in [5, 5.41) is 5.02. The molecule has 0 N–H and O–H groups in total. The summed E-state index contributed by atoms with van der Waals surface area (Å²) in [7, 11) is 0. The molecule has 3 heteroatoms. The fourth-order valence-electron chi connectivity index (χ4n) is 8.00. The molecule has 0 aliphatic carbocycles. The van der Waals surface area contributed by atoms with E-state index in [9.17, 15) is 0 Å². The van der Waals surface area contributed by atoms with Gasteiger partial charge in [0.25, 0.3) is 6.71 Å². The van der Waals surface area contributed by atoms with Gasteiger partial charge in [0.2, 0.25) is 0 Å². The standard InChI is InChI=1S/C44H29BN2/c1-4-14-30(15-5-1)33-28-40-42-41(29-33)47(35-20-8-3-9-21-35)44-37-23-13-11-17-32(37)25-27-39(44)45(42)38-26-24-31-16-10-12-22-36(31)43(38)46(40)34-18-6-2-7-19-34/h1-29H. The van der Waals surface area contributed by atoms with Crippen molar-refractivity contribution in [3.8, 4) is 11.1 Å². The number of hydrogen-bond donors (Lipinski definition) is 0. The third-order valence-corrected chi connectivity index (χ3v) is 9.98. The Labute approximate surface area is 274 Å². The lowest BCUT2D eigenvalue weighted by Gasteiger charge is -2.45. The summed E-state index contributed by atoms with van der Waals surface area (Å²) in [6.45, 7) is 0.0592. The van der Waals surface area contributed by atoms with Crippen molar-refractivity contribution in [1.82, 2.24) is 0 Å². The van der Waals surface area contributed by atoms with E-state index in [0.29, 0.717) is 0 Å². The van der Waals surface area contributed by atoms with Gasteiger partial charge in [0.1, 0.15) is 0 Å². The smallest absolute Gasteiger partial charge is 0.252 e. The Kier molecular flexibility index (Phi) is 5.70. The van der Waals surface area contributed by atoms with Crippen LogP contribution in [0.25, 0.3) is 32.7 Å². The third kappa shape index (κ3) is 3.87. The Morgan fingerprint density at radius 2 is 0.787 bits per heavy atom. The van der Waals surface area contributed by atoms with E-state index in [4.69, 9.17) is 0 Å². The highest BCUT2D eigenvalue weighted by Gasteiger charge is 2.44. The van der Waals surface area contributed by atoms with Crippen LogP contribution < -0.4 is 26.2 Å². The van der Waals surface area contributed by atoms with E-state index in [2.05, 4.69) is 186 Å². The van der Waals surface area contributed by atoms with Crippen LogP contribution in [-0.4, -0.2) is 6.71 Å². The quantitative estimate of drug-likeness (QED) is 0.187. The van der Waals surface area contributed by atoms with Crippen LogP contribution in [0.5, 0.6) is 0 Å². The number of para-hydroxylation sites is 2. The summed E-state index contributed by atoms with van der Waals surface area (Å²) in [6.07, 6.45) is 0. The minimum atomic E-state index is 0.0592. The van der Waals surface area contributed by atoms with Gasteiger partial charge in [0.05, 0.1) is 0 Å². The first-order chi connectivity index (χ1) is 23.3. The number of rotatable bonds is 3. The van der Waals surface area contributed by atoms with Crippen LogP contribution in [0.15, 0.2) is 176 Å². The first-order valence-electron chi connectivity index (χ1n) is 16.3. The van der Waals surface area contributed by atoms with Gasteiger partial charge < -0.3 is 9.80 Å². The molecular weight excluding hydrogens is 567 g/mol. The van der Waals surface area contributed by atoms with Crippen molar-refractivity contribution in [2.24, 2.45) is 0 Å². The number of nitrogens with zero attached hydrogens (tertiary/aromatic N) is 2. The summed E-state index contributed by atoms with van der Waals surface area (Å²) in [5.74, 6) is 0. The molecule has 2 heterocycles. The normalized spacial score (nSPS) is 13.0. The fourth-order valence-corrected chi connectivity index (χ4v) is 8.00. The molecule has 10 rings (SSSR count). The van der Waals surface area contributed by atoms with Crippen molar-refractivity contribution >= 4 is 78.8 Å². The molecule has 0 bridgehead atoms. The molecule has 47 heavy (non-hydrogen) atoms. The van der Waals surface area contributed by atoms with Crippen LogP contribution in [0, 0.1) is 0 Å². The van der Waals surface area contributed by atoms with Gasteiger partial charge in [-0.2, -0.15) is 0 Å². The van der Waals surface area contributed by atoms with E-state index in [-0.39, 0.29) is 6.71 Å². The molecular formula is C44H29BN2. The lowest BCUT2D eigenvalue weighted by atomic mass is 9.33. The van der Waals surface area contributed by atoms with Crippen LogP contribution >= 0.6 is 0 Å². The van der Waals surface area contributed by atoms with Crippen LogP contribution in [0.2, 0.25) is 0 Å². The second kappa shape index (κ2) is 10.2. The Hall–Kier alpha value is -6.06. The molecule has 2 nitrogen and oxygen atoms in total. The van der Waals surface area contributed by atoms with Gasteiger partial charge in [-0.25, -0.2) is 0 Å². The second-order valence-electron chi connectivity index (χ2n) is 12.5. The summed E-state index contributed by atoms with van der Waals surface area (Å²) in [4.78, 5) is 5.04. The molecule has 2 aliphatic heterocycles. The highest BCUT2D eigenvalue weighted by Crippen LogP contribution is 2.48. The van der Waals surface area contributed by atoms with Gasteiger partial charge in [0, 0.05) is 44.9 Å². The van der Waals surface area contributed by atoms with Gasteiger partial charge in [0.15, 0.2) is 0 Å². The molecule has 0 radical (unpaired) electrons.